The molecule has 0 atom stereocenters. The van der Waals surface area contributed by atoms with Gasteiger partial charge < -0.3 is 15.2 Å². The van der Waals surface area contributed by atoms with E-state index < -0.39 is 23.5 Å². The van der Waals surface area contributed by atoms with Crippen LogP contribution in [-0.2, 0) is 4.74 Å². The Morgan fingerprint density at radius 1 is 1.38 bits per heavy atom. The van der Waals surface area contributed by atoms with Gasteiger partial charge in [-0.3, -0.25) is 0 Å². The fourth-order valence-electron chi connectivity index (χ4n) is 1.32. The van der Waals surface area contributed by atoms with E-state index in [4.69, 9.17) is 9.84 Å². The second-order valence-electron chi connectivity index (χ2n) is 5.16. The van der Waals surface area contributed by atoms with E-state index in [1.165, 1.54) is 12.1 Å². The SMILES string of the molecule is CC(C)(C)OC(=O)NCC#Cc1ccc(C(=O)O)cc1F. The minimum Gasteiger partial charge on any atom is -0.478 e. The van der Waals surface area contributed by atoms with Crippen molar-refractivity contribution in [2.24, 2.45) is 0 Å². The number of hydrogen-bond donors (Lipinski definition) is 2. The summed E-state index contributed by atoms with van der Waals surface area (Å²) in [5.74, 6) is 3.14. The van der Waals surface area contributed by atoms with Crippen molar-refractivity contribution < 1.29 is 23.8 Å². The van der Waals surface area contributed by atoms with Gasteiger partial charge in [-0.15, -0.1) is 0 Å². The topological polar surface area (TPSA) is 75.6 Å². The number of ether oxygens (including phenoxy) is 1. The Labute approximate surface area is 122 Å². The third-order valence-corrected chi connectivity index (χ3v) is 2.16. The molecule has 0 unspecified atom stereocenters. The van der Waals surface area contributed by atoms with Gasteiger partial charge in [-0.1, -0.05) is 11.8 Å². The van der Waals surface area contributed by atoms with Crippen LogP contribution in [0.5, 0.6) is 0 Å². The number of benzene rings is 1. The van der Waals surface area contributed by atoms with Crippen LogP contribution >= 0.6 is 0 Å². The second kappa shape index (κ2) is 6.75. The zero-order valence-electron chi connectivity index (χ0n) is 12.0. The predicted molar refractivity (Wildman–Crippen MR) is 74.5 cm³/mol. The Morgan fingerprint density at radius 2 is 2.05 bits per heavy atom. The van der Waals surface area contributed by atoms with Gasteiger partial charge in [-0.05, 0) is 39.0 Å². The summed E-state index contributed by atoms with van der Waals surface area (Å²) in [5.41, 5.74) is -0.688. The minimum absolute atomic E-state index is 0.00493. The number of carbonyl (C=O) groups is 2. The number of hydrogen-bond acceptors (Lipinski definition) is 3. The number of carbonyl (C=O) groups excluding carboxylic acids is 1. The van der Waals surface area contributed by atoms with Crippen LogP contribution in [0.1, 0.15) is 36.7 Å². The summed E-state index contributed by atoms with van der Waals surface area (Å²) >= 11 is 0. The molecular weight excluding hydrogens is 277 g/mol. The summed E-state index contributed by atoms with van der Waals surface area (Å²) in [6.45, 7) is 5.20. The molecule has 2 N–H and O–H groups in total. The van der Waals surface area contributed by atoms with E-state index in [2.05, 4.69) is 17.2 Å². The lowest BCUT2D eigenvalue weighted by molar-refractivity contribution is 0.0534. The van der Waals surface area contributed by atoms with Crippen LogP contribution < -0.4 is 5.32 Å². The highest BCUT2D eigenvalue weighted by Gasteiger charge is 2.15. The highest BCUT2D eigenvalue weighted by molar-refractivity contribution is 5.87. The van der Waals surface area contributed by atoms with Crippen molar-refractivity contribution in [3.63, 3.8) is 0 Å². The summed E-state index contributed by atoms with van der Waals surface area (Å²) in [7, 11) is 0. The molecule has 0 radical (unpaired) electrons. The van der Waals surface area contributed by atoms with Gasteiger partial charge in [0.25, 0.3) is 0 Å². The van der Waals surface area contributed by atoms with Crippen molar-refractivity contribution in [1.82, 2.24) is 5.32 Å². The molecule has 0 aliphatic rings. The lowest BCUT2D eigenvalue weighted by Crippen LogP contribution is -2.32. The number of halogens is 1. The first-order chi connectivity index (χ1) is 9.69. The van der Waals surface area contributed by atoms with Gasteiger partial charge in [0.1, 0.15) is 11.4 Å². The molecule has 112 valence electrons. The first-order valence-electron chi connectivity index (χ1n) is 6.17. The summed E-state index contributed by atoms with van der Waals surface area (Å²) < 4.78 is 18.5. The Kier molecular flexibility index (Phi) is 5.30. The van der Waals surface area contributed by atoms with E-state index in [1.54, 1.807) is 20.8 Å². The number of amides is 1. The van der Waals surface area contributed by atoms with E-state index in [-0.39, 0.29) is 17.7 Å². The van der Waals surface area contributed by atoms with E-state index in [0.717, 1.165) is 6.07 Å². The van der Waals surface area contributed by atoms with Gasteiger partial charge in [0.15, 0.2) is 0 Å². The highest BCUT2D eigenvalue weighted by Crippen LogP contribution is 2.09. The zero-order valence-corrected chi connectivity index (χ0v) is 12.0. The van der Waals surface area contributed by atoms with Crippen LogP contribution in [-0.4, -0.2) is 29.3 Å². The molecule has 21 heavy (non-hydrogen) atoms. The standard InChI is InChI=1S/C15H16FNO4/c1-15(2,3)21-14(20)17-8-4-5-10-6-7-11(13(18)19)9-12(10)16/h6-7,9H,8H2,1-3H3,(H,17,20)(H,18,19). The van der Waals surface area contributed by atoms with Gasteiger partial charge in [-0.25, -0.2) is 14.0 Å². The molecule has 0 spiro atoms. The van der Waals surface area contributed by atoms with Crippen molar-refractivity contribution in [2.45, 2.75) is 26.4 Å². The van der Waals surface area contributed by atoms with Crippen molar-refractivity contribution in [3.05, 3.63) is 35.1 Å². The summed E-state index contributed by atoms with van der Waals surface area (Å²) in [5, 5.41) is 11.1. The number of rotatable bonds is 2. The maximum Gasteiger partial charge on any atom is 0.408 e. The molecule has 0 aromatic heterocycles. The molecule has 0 bridgehead atoms. The van der Waals surface area contributed by atoms with Crippen LogP contribution in [0.2, 0.25) is 0 Å². The molecule has 0 heterocycles. The summed E-state index contributed by atoms with van der Waals surface area (Å²) in [4.78, 5) is 22.0. The summed E-state index contributed by atoms with van der Waals surface area (Å²) in [6, 6.07) is 3.43. The smallest absolute Gasteiger partial charge is 0.408 e. The van der Waals surface area contributed by atoms with Crippen molar-refractivity contribution >= 4 is 12.1 Å². The van der Waals surface area contributed by atoms with Crippen molar-refractivity contribution in [1.29, 1.82) is 0 Å². The first-order valence-corrected chi connectivity index (χ1v) is 6.17. The minimum atomic E-state index is -1.21. The molecule has 1 aromatic rings. The Bertz CT molecular complexity index is 608. The van der Waals surface area contributed by atoms with Gasteiger partial charge in [-0.2, -0.15) is 0 Å². The number of carboxylic acid groups (broad SMARTS) is 1. The number of alkyl carbamates (subject to hydrolysis) is 1. The van der Waals surface area contributed by atoms with Crippen LogP contribution in [0.25, 0.3) is 0 Å². The second-order valence-corrected chi connectivity index (χ2v) is 5.16. The number of nitrogens with one attached hydrogen (secondary N) is 1. The molecule has 0 saturated carbocycles. The third kappa shape index (κ3) is 5.95. The van der Waals surface area contributed by atoms with Crippen molar-refractivity contribution in [2.75, 3.05) is 6.54 Å². The van der Waals surface area contributed by atoms with Crippen molar-refractivity contribution in [3.8, 4) is 11.8 Å². The van der Waals surface area contributed by atoms with Crippen LogP contribution in [0.4, 0.5) is 9.18 Å². The maximum atomic E-state index is 13.5. The van der Waals surface area contributed by atoms with Crippen LogP contribution in [0, 0.1) is 17.7 Å². The van der Waals surface area contributed by atoms with E-state index in [9.17, 15) is 14.0 Å². The average molecular weight is 293 g/mol. The Hall–Kier alpha value is -2.55. The van der Waals surface area contributed by atoms with E-state index in [1.807, 2.05) is 0 Å². The first kappa shape index (κ1) is 16.5. The average Bonchev–Trinajstić information content (AvgIpc) is 2.33. The molecule has 0 aliphatic carbocycles. The lowest BCUT2D eigenvalue weighted by Gasteiger charge is -2.18. The number of carboxylic acids is 1. The molecule has 0 fully saturated rings. The van der Waals surface area contributed by atoms with Gasteiger partial charge in [0.05, 0.1) is 17.7 Å². The quantitative estimate of drug-likeness (QED) is 0.821. The monoisotopic (exact) mass is 293 g/mol. The molecule has 0 saturated heterocycles. The van der Waals surface area contributed by atoms with Gasteiger partial charge >= 0.3 is 12.1 Å². The molecular formula is C15H16FNO4. The third-order valence-electron chi connectivity index (χ3n) is 2.16. The largest absolute Gasteiger partial charge is 0.478 e. The van der Waals surface area contributed by atoms with E-state index in [0.29, 0.717) is 0 Å². The summed E-state index contributed by atoms with van der Waals surface area (Å²) in [6.07, 6.45) is -0.613. The number of aromatic carboxylic acids is 1. The highest BCUT2D eigenvalue weighted by atomic mass is 19.1. The Morgan fingerprint density at radius 3 is 2.57 bits per heavy atom. The Balaban J connectivity index is 2.60. The van der Waals surface area contributed by atoms with Gasteiger partial charge in [0, 0.05) is 0 Å². The predicted octanol–water partition coefficient (Wildman–Crippen LogP) is 2.40. The molecule has 1 aromatic carbocycles. The fourth-order valence-corrected chi connectivity index (χ4v) is 1.32. The molecule has 0 aliphatic heterocycles. The van der Waals surface area contributed by atoms with E-state index >= 15 is 0 Å². The van der Waals surface area contributed by atoms with Gasteiger partial charge in [0.2, 0.25) is 0 Å². The van der Waals surface area contributed by atoms with Crippen LogP contribution in [0.3, 0.4) is 0 Å². The van der Waals surface area contributed by atoms with Crippen LogP contribution in [0.15, 0.2) is 18.2 Å². The normalized spacial score (nSPS) is 10.3. The molecule has 1 rings (SSSR count). The molecule has 1 amide bonds. The lowest BCUT2D eigenvalue weighted by atomic mass is 10.1. The molecule has 5 nitrogen and oxygen atoms in total. The molecule has 6 heteroatoms. The zero-order chi connectivity index (χ0) is 16.0. The fraction of sp³-hybridized carbons (Fsp3) is 0.333. The maximum absolute atomic E-state index is 13.5.